The number of anilines is 1. The summed E-state index contributed by atoms with van der Waals surface area (Å²) in [7, 11) is 0. The van der Waals surface area contributed by atoms with Crippen molar-refractivity contribution in [2.24, 2.45) is 0 Å². The largest absolute Gasteiger partial charge is 0.395 e. The third kappa shape index (κ3) is 4.04. The molecule has 0 spiro atoms. The number of carbonyl (C=O) groups excluding carboxylic acids is 1. The normalized spacial score (nSPS) is 10.2. The van der Waals surface area contributed by atoms with Crippen molar-refractivity contribution in [2.75, 3.05) is 18.5 Å². The lowest BCUT2D eigenvalue weighted by Gasteiger charge is -2.06. The molecule has 1 heterocycles. The Labute approximate surface area is 115 Å². The third-order valence-corrected chi connectivity index (χ3v) is 3.25. The van der Waals surface area contributed by atoms with Gasteiger partial charge in [-0.3, -0.25) is 4.79 Å². The number of thiazole rings is 1. The van der Waals surface area contributed by atoms with Crippen LogP contribution in [0.1, 0.15) is 15.4 Å². The van der Waals surface area contributed by atoms with Gasteiger partial charge in [-0.2, -0.15) is 0 Å². The predicted molar refractivity (Wildman–Crippen MR) is 75.3 cm³/mol. The molecule has 1 amide bonds. The van der Waals surface area contributed by atoms with Crippen LogP contribution in [0.4, 0.5) is 5.69 Å². The summed E-state index contributed by atoms with van der Waals surface area (Å²) < 4.78 is 0. The van der Waals surface area contributed by atoms with Crippen LogP contribution in [0, 0.1) is 0 Å². The smallest absolute Gasteiger partial charge is 0.251 e. The van der Waals surface area contributed by atoms with Crippen molar-refractivity contribution in [1.29, 1.82) is 0 Å². The van der Waals surface area contributed by atoms with E-state index >= 15 is 0 Å². The van der Waals surface area contributed by atoms with Gasteiger partial charge in [0.2, 0.25) is 0 Å². The molecule has 0 atom stereocenters. The highest BCUT2D eigenvalue weighted by Crippen LogP contribution is 2.12. The lowest BCUT2D eigenvalue weighted by atomic mass is 10.2. The number of benzene rings is 1. The van der Waals surface area contributed by atoms with Gasteiger partial charge >= 0.3 is 0 Å². The third-order valence-electron chi connectivity index (χ3n) is 2.47. The fraction of sp³-hybridized carbons (Fsp3) is 0.231. The summed E-state index contributed by atoms with van der Waals surface area (Å²) in [4.78, 5) is 15.8. The zero-order valence-corrected chi connectivity index (χ0v) is 11.1. The van der Waals surface area contributed by atoms with E-state index in [-0.39, 0.29) is 19.1 Å². The Balaban J connectivity index is 1.89. The number of aliphatic hydroxyl groups excluding tert-OH is 1. The lowest BCUT2D eigenvalue weighted by Crippen LogP contribution is -2.26. The monoisotopic (exact) mass is 277 g/mol. The molecule has 6 heteroatoms. The van der Waals surface area contributed by atoms with Crippen molar-refractivity contribution in [3.63, 3.8) is 0 Å². The summed E-state index contributed by atoms with van der Waals surface area (Å²) in [5.41, 5.74) is 1.52. The molecule has 0 aliphatic rings. The number of nitrogens with one attached hydrogen (secondary N) is 2. The van der Waals surface area contributed by atoms with E-state index in [9.17, 15) is 4.79 Å². The summed E-state index contributed by atoms with van der Waals surface area (Å²) in [6.45, 7) is 0.885. The van der Waals surface area contributed by atoms with Crippen LogP contribution >= 0.6 is 11.3 Å². The molecule has 0 saturated heterocycles. The Hall–Kier alpha value is -1.92. The molecule has 1 aromatic heterocycles. The summed E-state index contributed by atoms with van der Waals surface area (Å²) >= 11 is 1.60. The molecule has 0 aliphatic heterocycles. The van der Waals surface area contributed by atoms with Crippen molar-refractivity contribution in [1.82, 2.24) is 10.3 Å². The van der Waals surface area contributed by atoms with Crippen LogP contribution in [0.2, 0.25) is 0 Å². The van der Waals surface area contributed by atoms with E-state index in [1.807, 2.05) is 17.5 Å². The van der Waals surface area contributed by atoms with Crippen LogP contribution in [0.3, 0.4) is 0 Å². The standard InChI is InChI=1S/C13H15N3O2S/c17-7-5-15-13(18)10-1-3-11(4-2-10)16-9-12-14-6-8-19-12/h1-4,6,8,16-17H,5,7,9H2,(H,15,18). The van der Waals surface area contributed by atoms with Gasteiger partial charge in [-0.15, -0.1) is 11.3 Å². The molecule has 0 unspecified atom stereocenters. The minimum absolute atomic E-state index is 0.0564. The van der Waals surface area contributed by atoms with E-state index in [1.165, 1.54) is 0 Å². The first kappa shape index (κ1) is 13.5. The number of aliphatic hydroxyl groups is 1. The summed E-state index contributed by atoms with van der Waals surface area (Å²) in [5, 5.41) is 17.4. The molecule has 0 saturated carbocycles. The molecule has 0 aliphatic carbocycles. The second-order valence-corrected chi connectivity index (χ2v) is 4.82. The molecule has 3 N–H and O–H groups in total. The van der Waals surface area contributed by atoms with Crippen molar-refractivity contribution in [2.45, 2.75) is 6.54 Å². The lowest BCUT2D eigenvalue weighted by molar-refractivity contribution is 0.0945. The second kappa shape index (κ2) is 6.86. The van der Waals surface area contributed by atoms with E-state index in [0.29, 0.717) is 12.1 Å². The SMILES string of the molecule is O=C(NCCO)c1ccc(NCc2nccs2)cc1. The fourth-order valence-electron chi connectivity index (χ4n) is 1.53. The van der Waals surface area contributed by atoms with Gasteiger partial charge in [0, 0.05) is 29.4 Å². The van der Waals surface area contributed by atoms with Gasteiger partial charge < -0.3 is 15.7 Å². The Morgan fingerprint density at radius 1 is 1.32 bits per heavy atom. The average molecular weight is 277 g/mol. The number of aromatic nitrogens is 1. The van der Waals surface area contributed by atoms with Gasteiger partial charge in [0.25, 0.3) is 5.91 Å². The maximum absolute atomic E-state index is 11.6. The predicted octanol–water partition coefficient (Wildman–Crippen LogP) is 1.48. The number of amides is 1. The highest BCUT2D eigenvalue weighted by atomic mass is 32.1. The number of hydrogen-bond acceptors (Lipinski definition) is 5. The van der Waals surface area contributed by atoms with Crippen LogP contribution in [0.25, 0.3) is 0 Å². The minimum Gasteiger partial charge on any atom is -0.395 e. The summed E-state index contributed by atoms with van der Waals surface area (Å²) in [6.07, 6.45) is 1.77. The highest BCUT2D eigenvalue weighted by Gasteiger charge is 2.04. The molecule has 0 fully saturated rings. The molecule has 2 rings (SSSR count). The Morgan fingerprint density at radius 3 is 2.74 bits per heavy atom. The van der Waals surface area contributed by atoms with Gasteiger partial charge in [0.1, 0.15) is 5.01 Å². The van der Waals surface area contributed by atoms with E-state index in [2.05, 4.69) is 15.6 Å². The van der Waals surface area contributed by atoms with Gasteiger partial charge in [-0.05, 0) is 24.3 Å². The van der Waals surface area contributed by atoms with Crippen molar-refractivity contribution in [3.05, 3.63) is 46.4 Å². The molecule has 100 valence electrons. The highest BCUT2D eigenvalue weighted by molar-refractivity contribution is 7.09. The van der Waals surface area contributed by atoms with Crippen molar-refractivity contribution < 1.29 is 9.90 Å². The zero-order chi connectivity index (χ0) is 13.5. The van der Waals surface area contributed by atoms with Crippen LogP contribution in [0.15, 0.2) is 35.8 Å². The minimum atomic E-state index is -0.180. The van der Waals surface area contributed by atoms with Gasteiger partial charge in [0.15, 0.2) is 0 Å². The van der Waals surface area contributed by atoms with Crippen molar-refractivity contribution >= 4 is 22.9 Å². The Kier molecular flexibility index (Phi) is 4.88. The number of hydrogen-bond donors (Lipinski definition) is 3. The number of nitrogens with zero attached hydrogens (tertiary/aromatic N) is 1. The van der Waals surface area contributed by atoms with Gasteiger partial charge in [-0.1, -0.05) is 0 Å². The van der Waals surface area contributed by atoms with Gasteiger partial charge in [-0.25, -0.2) is 4.98 Å². The topological polar surface area (TPSA) is 74.2 Å². The Morgan fingerprint density at radius 2 is 2.11 bits per heavy atom. The molecule has 19 heavy (non-hydrogen) atoms. The molecule has 0 radical (unpaired) electrons. The molecule has 1 aromatic carbocycles. The zero-order valence-electron chi connectivity index (χ0n) is 10.3. The molecule has 5 nitrogen and oxygen atoms in total. The molecule has 0 bridgehead atoms. The first-order valence-electron chi connectivity index (χ1n) is 5.91. The van der Waals surface area contributed by atoms with Crippen LogP contribution in [-0.4, -0.2) is 29.1 Å². The molecule has 2 aromatic rings. The maximum Gasteiger partial charge on any atom is 0.251 e. The quantitative estimate of drug-likeness (QED) is 0.747. The van der Waals surface area contributed by atoms with Crippen LogP contribution < -0.4 is 10.6 Å². The van der Waals surface area contributed by atoms with Gasteiger partial charge in [0.05, 0.1) is 13.2 Å². The van der Waals surface area contributed by atoms with Crippen molar-refractivity contribution in [3.8, 4) is 0 Å². The average Bonchev–Trinajstić information content (AvgIpc) is 2.96. The molecular formula is C13H15N3O2S. The first-order chi connectivity index (χ1) is 9.29. The van der Waals surface area contributed by atoms with E-state index in [0.717, 1.165) is 10.7 Å². The summed E-state index contributed by atoms with van der Waals surface area (Å²) in [5.74, 6) is -0.180. The van der Waals surface area contributed by atoms with E-state index < -0.39 is 0 Å². The van der Waals surface area contributed by atoms with E-state index in [4.69, 9.17) is 5.11 Å². The second-order valence-electron chi connectivity index (χ2n) is 3.84. The molecular weight excluding hydrogens is 262 g/mol. The first-order valence-corrected chi connectivity index (χ1v) is 6.79. The van der Waals surface area contributed by atoms with Crippen LogP contribution in [0.5, 0.6) is 0 Å². The number of carbonyl (C=O) groups is 1. The number of rotatable bonds is 6. The fourth-order valence-corrected chi connectivity index (χ4v) is 2.08. The maximum atomic E-state index is 11.6. The van der Waals surface area contributed by atoms with E-state index in [1.54, 1.807) is 29.7 Å². The van der Waals surface area contributed by atoms with Crippen LogP contribution in [-0.2, 0) is 6.54 Å². The Bertz CT molecular complexity index is 511. The summed E-state index contributed by atoms with van der Waals surface area (Å²) in [6, 6.07) is 7.19.